The van der Waals surface area contributed by atoms with Gasteiger partial charge in [0.1, 0.15) is 0 Å². The zero-order valence-electron chi connectivity index (χ0n) is 19.9. The van der Waals surface area contributed by atoms with Crippen LogP contribution in [0.25, 0.3) is 21.8 Å². The number of aryl methyl sites for hydroxylation is 1. The average molecular weight is 466 g/mol. The van der Waals surface area contributed by atoms with Crippen LogP contribution in [0.5, 0.6) is 0 Å². The molecule has 6 aromatic rings. The highest BCUT2D eigenvalue weighted by molar-refractivity contribution is 7.21. The van der Waals surface area contributed by atoms with Gasteiger partial charge in [-0.1, -0.05) is 109 Å². The molecule has 1 aliphatic heterocycles. The molecule has 1 aromatic heterocycles. The summed E-state index contributed by atoms with van der Waals surface area (Å²) in [5.41, 5.74) is 5.61. The van der Waals surface area contributed by atoms with Crippen LogP contribution in [0.2, 0.25) is 0 Å². The van der Waals surface area contributed by atoms with Crippen molar-refractivity contribution in [2.45, 2.75) is 19.9 Å². The predicted octanol–water partition coefficient (Wildman–Crippen LogP) is 5.10. The van der Waals surface area contributed by atoms with E-state index < -0.39 is 8.07 Å². The third kappa shape index (κ3) is 2.75. The highest BCUT2D eigenvalue weighted by Gasteiger charge is 2.47. The topological polar surface area (TPSA) is 4.93 Å². The van der Waals surface area contributed by atoms with Gasteiger partial charge in [0.2, 0.25) is 0 Å². The Hall–Kier alpha value is -3.88. The van der Waals surface area contributed by atoms with Gasteiger partial charge < -0.3 is 4.57 Å². The Kier molecular flexibility index (Phi) is 4.58. The molecule has 7 rings (SSSR count). The first-order chi connectivity index (χ1) is 17.3. The van der Waals surface area contributed by atoms with E-state index >= 15 is 0 Å². The van der Waals surface area contributed by atoms with Crippen LogP contribution in [-0.2, 0) is 13.0 Å². The van der Waals surface area contributed by atoms with E-state index in [4.69, 9.17) is 0 Å². The van der Waals surface area contributed by atoms with E-state index in [9.17, 15) is 0 Å². The minimum Gasteiger partial charge on any atom is -0.341 e. The number of para-hydroxylation sites is 1. The Morgan fingerprint density at radius 2 is 1.14 bits per heavy atom. The molecular weight excluding hydrogens is 438 g/mol. The van der Waals surface area contributed by atoms with Crippen LogP contribution in [0.1, 0.15) is 18.1 Å². The van der Waals surface area contributed by atoms with E-state index in [-0.39, 0.29) is 0 Å². The molecule has 2 heterocycles. The van der Waals surface area contributed by atoms with E-state index in [1.54, 1.807) is 0 Å². The van der Waals surface area contributed by atoms with Gasteiger partial charge in [0.15, 0.2) is 8.07 Å². The maximum atomic E-state index is 2.49. The molecule has 0 amide bonds. The molecule has 0 radical (unpaired) electrons. The van der Waals surface area contributed by atoms with Gasteiger partial charge in [-0.3, -0.25) is 0 Å². The van der Waals surface area contributed by atoms with Crippen molar-refractivity contribution in [3.63, 3.8) is 0 Å². The third-order valence-corrected chi connectivity index (χ3v) is 13.0. The molecule has 0 atom stereocenters. The molecule has 1 nitrogen and oxygen atoms in total. The first-order valence-corrected chi connectivity index (χ1v) is 14.6. The fourth-order valence-corrected chi connectivity index (χ4v) is 12.1. The molecule has 1 aliphatic rings. The van der Waals surface area contributed by atoms with Crippen molar-refractivity contribution in [1.29, 1.82) is 0 Å². The molecule has 2 heteroatoms. The molecule has 0 bridgehead atoms. The zero-order valence-corrected chi connectivity index (χ0v) is 20.9. The summed E-state index contributed by atoms with van der Waals surface area (Å²) >= 11 is 0. The predicted molar refractivity (Wildman–Crippen MR) is 152 cm³/mol. The second-order valence-corrected chi connectivity index (χ2v) is 13.3. The molecule has 0 saturated carbocycles. The van der Waals surface area contributed by atoms with Gasteiger partial charge in [0.25, 0.3) is 0 Å². The van der Waals surface area contributed by atoms with E-state index in [1.165, 1.54) is 53.7 Å². The molecule has 0 spiro atoms. The van der Waals surface area contributed by atoms with Crippen molar-refractivity contribution >= 4 is 50.6 Å². The Balaban J connectivity index is 1.75. The fourth-order valence-electron chi connectivity index (χ4n) is 6.63. The highest BCUT2D eigenvalue weighted by Crippen LogP contribution is 2.31. The number of nitrogens with zero attached hydrogens (tertiary/aromatic N) is 1. The van der Waals surface area contributed by atoms with Crippen LogP contribution in [0.3, 0.4) is 0 Å². The summed E-state index contributed by atoms with van der Waals surface area (Å²) in [6.07, 6.45) is 1.00. The number of aromatic nitrogens is 1. The van der Waals surface area contributed by atoms with Crippen molar-refractivity contribution in [3.05, 3.63) is 132 Å². The largest absolute Gasteiger partial charge is 0.341 e. The zero-order chi connectivity index (χ0) is 23.4. The molecule has 0 unspecified atom stereocenters. The normalized spacial score (nSPS) is 14.1. The number of hydrogen-bond donors (Lipinski definition) is 0. The van der Waals surface area contributed by atoms with Gasteiger partial charge >= 0.3 is 0 Å². The molecule has 0 N–H and O–H groups in total. The third-order valence-electron chi connectivity index (χ3n) is 7.95. The highest BCUT2D eigenvalue weighted by atomic mass is 28.3. The summed E-state index contributed by atoms with van der Waals surface area (Å²) < 4.78 is 2.49. The van der Waals surface area contributed by atoms with Gasteiger partial charge in [-0.25, -0.2) is 0 Å². The van der Waals surface area contributed by atoms with Crippen LogP contribution < -0.4 is 20.7 Å². The van der Waals surface area contributed by atoms with Crippen LogP contribution >= 0.6 is 0 Å². The summed E-state index contributed by atoms with van der Waals surface area (Å²) in [7, 11) is -2.57. The number of benzene rings is 5. The molecule has 0 aliphatic carbocycles. The molecular formula is C33H27NSi. The van der Waals surface area contributed by atoms with Crippen LogP contribution in [0, 0.1) is 0 Å². The quantitative estimate of drug-likeness (QED) is 0.320. The Morgan fingerprint density at radius 3 is 1.86 bits per heavy atom. The maximum Gasteiger partial charge on any atom is 0.180 e. The standard InChI is InChI=1S/C33H27NSi/c1-2-34-28-18-9-8-17-27(28)33-29(34)19-12-22-32(33)35(26-15-4-3-5-16-26)30-20-10-6-13-24(30)23-25-14-7-11-21-31(25)35/h3-22H,2,23H2,1H3. The van der Waals surface area contributed by atoms with Crippen LogP contribution in [0.15, 0.2) is 121 Å². The summed E-state index contributed by atoms with van der Waals surface area (Å²) in [6, 6.07) is 45.8. The first-order valence-electron chi connectivity index (χ1n) is 12.6. The first kappa shape index (κ1) is 20.5. The Labute approximate surface area is 207 Å². The SMILES string of the molecule is CCn1c2ccccc2c2c([Si]3(c4ccccc4)c4ccccc4Cc4ccccc43)cccc21. The lowest BCUT2D eigenvalue weighted by Crippen LogP contribution is -2.77. The van der Waals surface area contributed by atoms with Crippen molar-refractivity contribution in [3.8, 4) is 0 Å². The molecule has 35 heavy (non-hydrogen) atoms. The average Bonchev–Trinajstić information content (AvgIpc) is 3.26. The summed E-state index contributed by atoms with van der Waals surface area (Å²) in [6.45, 7) is 3.22. The molecule has 0 fully saturated rings. The fraction of sp³-hybridized carbons (Fsp3) is 0.0909. The van der Waals surface area contributed by atoms with Crippen LogP contribution in [0.4, 0.5) is 0 Å². The van der Waals surface area contributed by atoms with Gasteiger partial charge in [0.05, 0.1) is 0 Å². The summed E-state index contributed by atoms with van der Waals surface area (Å²) in [5.74, 6) is 0. The minimum absolute atomic E-state index is 0.959. The van der Waals surface area contributed by atoms with E-state index in [0.717, 1.165) is 13.0 Å². The summed E-state index contributed by atoms with van der Waals surface area (Å²) in [4.78, 5) is 0. The second-order valence-electron chi connectivity index (χ2n) is 9.57. The van der Waals surface area contributed by atoms with Gasteiger partial charge in [-0.2, -0.15) is 0 Å². The van der Waals surface area contributed by atoms with Gasteiger partial charge in [-0.05, 0) is 57.4 Å². The number of fused-ring (bicyclic) bond motifs is 5. The number of rotatable bonds is 3. The monoisotopic (exact) mass is 465 g/mol. The lowest BCUT2D eigenvalue weighted by Gasteiger charge is -2.40. The molecule has 0 saturated heterocycles. The molecule has 168 valence electrons. The van der Waals surface area contributed by atoms with Crippen molar-refractivity contribution in [1.82, 2.24) is 4.57 Å². The Bertz CT molecular complexity index is 1660. The lowest BCUT2D eigenvalue weighted by molar-refractivity contribution is 0.827. The van der Waals surface area contributed by atoms with Gasteiger partial charge in [0, 0.05) is 28.4 Å². The van der Waals surface area contributed by atoms with E-state index in [0.29, 0.717) is 0 Å². The maximum absolute atomic E-state index is 2.57. The summed E-state index contributed by atoms with van der Waals surface area (Å²) in [5, 5.41) is 8.82. The smallest absolute Gasteiger partial charge is 0.180 e. The Morgan fingerprint density at radius 1 is 0.571 bits per heavy atom. The van der Waals surface area contributed by atoms with Crippen molar-refractivity contribution in [2.75, 3.05) is 0 Å². The molecule has 5 aromatic carbocycles. The van der Waals surface area contributed by atoms with E-state index in [2.05, 4.69) is 133 Å². The second kappa shape index (κ2) is 7.83. The van der Waals surface area contributed by atoms with Crippen molar-refractivity contribution in [2.24, 2.45) is 0 Å². The van der Waals surface area contributed by atoms with Gasteiger partial charge in [-0.15, -0.1) is 0 Å². The number of hydrogen-bond acceptors (Lipinski definition) is 0. The van der Waals surface area contributed by atoms with Crippen molar-refractivity contribution < 1.29 is 0 Å². The van der Waals surface area contributed by atoms with E-state index in [1.807, 2.05) is 0 Å². The lowest BCUT2D eigenvalue weighted by atomic mass is 10.0. The minimum atomic E-state index is -2.57. The van der Waals surface area contributed by atoms with Crippen LogP contribution in [-0.4, -0.2) is 12.6 Å².